The van der Waals surface area contributed by atoms with Crippen LogP contribution in [0.25, 0.3) is 0 Å². The fraction of sp³-hybridized carbons (Fsp3) is 0.353. The van der Waals surface area contributed by atoms with Gasteiger partial charge in [-0.3, -0.25) is 4.99 Å². The smallest absolute Gasteiger partial charge is 0.193 e. The molecule has 6 heteroatoms. The third-order valence-electron chi connectivity index (χ3n) is 3.51. The Labute approximate surface area is 141 Å². The molecule has 0 atom stereocenters. The minimum Gasteiger partial charge on any atom is -0.497 e. The van der Waals surface area contributed by atoms with Crippen molar-refractivity contribution in [2.24, 2.45) is 4.99 Å². The van der Waals surface area contributed by atoms with E-state index >= 15 is 0 Å². The van der Waals surface area contributed by atoms with E-state index in [4.69, 9.17) is 9.47 Å². The quantitative estimate of drug-likeness (QED) is 0.652. The van der Waals surface area contributed by atoms with Crippen molar-refractivity contribution in [3.63, 3.8) is 0 Å². The van der Waals surface area contributed by atoms with Crippen LogP contribution in [0.1, 0.15) is 11.1 Å². The van der Waals surface area contributed by atoms with Gasteiger partial charge in [0.15, 0.2) is 5.96 Å². The number of guanidine groups is 1. The van der Waals surface area contributed by atoms with Gasteiger partial charge in [0, 0.05) is 38.8 Å². The van der Waals surface area contributed by atoms with E-state index in [2.05, 4.69) is 32.0 Å². The van der Waals surface area contributed by atoms with Gasteiger partial charge in [0.05, 0.1) is 14.2 Å². The molecule has 2 aromatic rings. The van der Waals surface area contributed by atoms with Gasteiger partial charge in [-0.25, -0.2) is 0 Å². The van der Waals surface area contributed by atoms with Crippen molar-refractivity contribution in [3.05, 3.63) is 46.2 Å². The molecule has 0 aliphatic carbocycles. The Morgan fingerprint density at radius 3 is 2.70 bits per heavy atom. The van der Waals surface area contributed by atoms with E-state index in [-0.39, 0.29) is 0 Å². The zero-order valence-corrected chi connectivity index (χ0v) is 14.8. The van der Waals surface area contributed by atoms with Crippen LogP contribution in [0.5, 0.6) is 11.5 Å². The molecule has 0 spiro atoms. The lowest BCUT2D eigenvalue weighted by Gasteiger charge is -2.23. The first-order chi connectivity index (χ1) is 11.2. The second-order valence-electron chi connectivity index (χ2n) is 5.07. The summed E-state index contributed by atoms with van der Waals surface area (Å²) in [5, 5.41) is 7.58. The van der Waals surface area contributed by atoms with Crippen LogP contribution in [0.15, 0.2) is 40.0 Å². The number of methoxy groups -OCH3 is 2. The van der Waals surface area contributed by atoms with E-state index in [0.717, 1.165) is 29.6 Å². The molecular formula is C17H23N3O2S. The highest BCUT2D eigenvalue weighted by Gasteiger charge is 2.11. The number of nitrogens with zero attached hydrogens (tertiary/aromatic N) is 2. The number of rotatable bonds is 6. The molecule has 0 saturated heterocycles. The van der Waals surface area contributed by atoms with Crippen LogP contribution < -0.4 is 14.8 Å². The third kappa shape index (κ3) is 4.63. The highest BCUT2D eigenvalue weighted by molar-refractivity contribution is 7.07. The second kappa shape index (κ2) is 8.43. The predicted octanol–water partition coefficient (Wildman–Crippen LogP) is 2.97. The largest absolute Gasteiger partial charge is 0.497 e. The number of benzene rings is 1. The Kier molecular flexibility index (Phi) is 6.29. The van der Waals surface area contributed by atoms with Gasteiger partial charge in [-0.2, -0.15) is 11.3 Å². The summed E-state index contributed by atoms with van der Waals surface area (Å²) >= 11 is 1.70. The number of hydrogen-bond donors (Lipinski definition) is 1. The molecule has 0 aliphatic heterocycles. The molecule has 124 valence electrons. The summed E-state index contributed by atoms with van der Waals surface area (Å²) in [7, 11) is 7.11. The Bertz CT molecular complexity index is 641. The highest BCUT2D eigenvalue weighted by atomic mass is 32.1. The van der Waals surface area contributed by atoms with Crippen molar-refractivity contribution in [1.82, 2.24) is 10.2 Å². The molecule has 0 radical (unpaired) electrons. The minimum absolute atomic E-state index is 0.691. The standard InChI is InChI=1S/C17H23N3O2S/c1-18-17(19-10-13-7-8-23-12-13)20(2)11-14-5-6-15(21-3)9-16(14)22-4/h5-9,12H,10-11H2,1-4H3,(H,18,19). The number of ether oxygens (including phenoxy) is 2. The molecule has 0 amide bonds. The van der Waals surface area contributed by atoms with Crippen molar-refractivity contribution in [2.75, 3.05) is 28.3 Å². The highest BCUT2D eigenvalue weighted by Crippen LogP contribution is 2.25. The minimum atomic E-state index is 0.691. The fourth-order valence-corrected chi connectivity index (χ4v) is 2.94. The predicted molar refractivity (Wildman–Crippen MR) is 95.5 cm³/mol. The zero-order chi connectivity index (χ0) is 16.7. The van der Waals surface area contributed by atoms with Crippen LogP contribution in [0.3, 0.4) is 0 Å². The summed E-state index contributed by atoms with van der Waals surface area (Å²) in [5.74, 6) is 2.44. The molecule has 0 aliphatic rings. The summed E-state index contributed by atoms with van der Waals surface area (Å²) in [6, 6.07) is 7.95. The lowest BCUT2D eigenvalue weighted by Crippen LogP contribution is -2.38. The fourth-order valence-electron chi connectivity index (χ4n) is 2.27. The van der Waals surface area contributed by atoms with Gasteiger partial charge < -0.3 is 19.7 Å². The molecule has 1 N–H and O–H groups in total. The number of nitrogens with one attached hydrogen (secondary N) is 1. The number of aliphatic imine (C=N–C) groups is 1. The molecular weight excluding hydrogens is 310 g/mol. The van der Waals surface area contributed by atoms with Crippen molar-refractivity contribution in [1.29, 1.82) is 0 Å². The maximum absolute atomic E-state index is 5.46. The third-order valence-corrected chi connectivity index (χ3v) is 4.24. The first-order valence-electron chi connectivity index (χ1n) is 7.31. The van der Waals surface area contributed by atoms with Gasteiger partial charge in [0.1, 0.15) is 11.5 Å². The van der Waals surface area contributed by atoms with Gasteiger partial charge >= 0.3 is 0 Å². The van der Waals surface area contributed by atoms with Crippen LogP contribution >= 0.6 is 11.3 Å². The molecule has 23 heavy (non-hydrogen) atoms. The van der Waals surface area contributed by atoms with Crippen LogP contribution in [-0.2, 0) is 13.1 Å². The van der Waals surface area contributed by atoms with Gasteiger partial charge in [0.25, 0.3) is 0 Å². The summed E-state index contributed by atoms with van der Waals surface area (Å²) < 4.78 is 10.7. The molecule has 1 aromatic heterocycles. The lowest BCUT2D eigenvalue weighted by molar-refractivity contribution is 0.382. The van der Waals surface area contributed by atoms with Crippen molar-refractivity contribution >= 4 is 17.3 Å². The Morgan fingerprint density at radius 2 is 2.09 bits per heavy atom. The molecule has 0 bridgehead atoms. The van der Waals surface area contributed by atoms with Gasteiger partial charge in [-0.15, -0.1) is 0 Å². The SMILES string of the molecule is CN=C(NCc1ccsc1)N(C)Cc1ccc(OC)cc1OC. The molecule has 2 rings (SSSR count). The van der Waals surface area contributed by atoms with Gasteiger partial charge in [0.2, 0.25) is 0 Å². The monoisotopic (exact) mass is 333 g/mol. The van der Waals surface area contributed by atoms with Crippen molar-refractivity contribution < 1.29 is 9.47 Å². The van der Waals surface area contributed by atoms with Gasteiger partial charge in [-0.1, -0.05) is 0 Å². The summed E-state index contributed by atoms with van der Waals surface area (Å²) in [6.45, 7) is 1.46. The maximum atomic E-state index is 5.46. The van der Waals surface area contributed by atoms with E-state index < -0.39 is 0 Å². The molecule has 1 aromatic carbocycles. The maximum Gasteiger partial charge on any atom is 0.193 e. The summed E-state index contributed by atoms with van der Waals surface area (Å²) in [6.07, 6.45) is 0. The Hall–Kier alpha value is -2.21. The van der Waals surface area contributed by atoms with Gasteiger partial charge in [-0.05, 0) is 34.5 Å². The Morgan fingerprint density at radius 1 is 1.26 bits per heavy atom. The number of hydrogen-bond acceptors (Lipinski definition) is 4. The average molecular weight is 333 g/mol. The molecule has 1 heterocycles. The van der Waals surface area contributed by atoms with E-state index in [1.54, 1.807) is 32.6 Å². The van der Waals surface area contributed by atoms with Crippen molar-refractivity contribution in [2.45, 2.75) is 13.1 Å². The average Bonchev–Trinajstić information content (AvgIpc) is 3.09. The molecule has 0 fully saturated rings. The molecule has 0 unspecified atom stereocenters. The molecule has 5 nitrogen and oxygen atoms in total. The van der Waals surface area contributed by atoms with Crippen LogP contribution in [0, 0.1) is 0 Å². The van der Waals surface area contributed by atoms with E-state index in [1.165, 1.54) is 5.56 Å². The normalized spacial score (nSPS) is 11.2. The van der Waals surface area contributed by atoms with E-state index in [1.807, 2.05) is 25.2 Å². The second-order valence-corrected chi connectivity index (χ2v) is 5.85. The van der Waals surface area contributed by atoms with Crippen LogP contribution in [-0.4, -0.2) is 39.2 Å². The topological polar surface area (TPSA) is 46.1 Å². The Balaban J connectivity index is 2.02. The van der Waals surface area contributed by atoms with Crippen molar-refractivity contribution in [3.8, 4) is 11.5 Å². The van der Waals surface area contributed by atoms with E-state index in [0.29, 0.717) is 6.54 Å². The first kappa shape index (κ1) is 17.1. The van der Waals surface area contributed by atoms with E-state index in [9.17, 15) is 0 Å². The van der Waals surface area contributed by atoms with Crippen LogP contribution in [0.4, 0.5) is 0 Å². The summed E-state index contributed by atoms with van der Waals surface area (Å²) in [5.41, 5.74) is 2.33. The zero-order valence-electron chi connectivity index (χ0n) is 14.0. The summed E-state index contributed by atoms with van der Waals surface area (Å²) in [4.78, 5) is 6.41. The molecule has 0 saturated carbocycles. The first-order valence-corrected chi connectivity index (χ1v) is 8.26. The lowest BCUT2D eigenvalue weighted by atomic mass is 10.2. The number of thiophene rings is 1. The van der Waals surface area contributed by atoms with Crippen LogP contribution in [0.2, 0.25) is 0 Å².